The number of anilines is 1. The first-order valence-corrected chi connectivity index (χ1v) is 6.21. The summed E-state index contributed by atoms with van der Waals surface area (Å²) in [7, 11) is 1.87. The van der Waals surface area contributed by atoms with Crippen molar-refractivity contribution < 1.29 is 0 Å². The third-order valence-electron chi connectivity index (χ3n) is 2.47. The number of nitrogens with one attached hydrogen (secondary N) is 1. The summed E-state index contributed by atoms with van der Waals surface area (Å²) < 4.78 is 0. The summed E-state index contributed by atoms with van der Waals surface area (Å²) in [6.07, 6.45) is 1.85. The molecule has 0 aromatic carbocycles. The van der Waals surface area contributed by atoms with E-state index in [0.717, 1.165) is 36.4 Å². The van der Waals surface area contributed by atoms with E-state index >= 15 is 0 Å². The number of hydrogen-bond donors (Lipinski definition) is 1. The van der Waals surface area contributed by atoms with E-state index in [2.05, 4.69) is 20.1 Å². The molecule has 0 aliphatic carbocycles. The number of rotatable bonds is 1. The van der Waals surface area contributed by atoms with E-state index in [4.69, 9.17) is 12.2 Å². The third kappa shape index (κ3) is 2.38. The molecular formula is C9H14N4S2. The maximum atomic E-state index is 5.20. The van der Waals surface area contributed by atoms with Gasteiger partial charge in [0.15, 0.2) is 10.2 Å². The minimum Gasteiger partial charge on any atom is -0.366 e. The molecule has 1 aliphatic rings. The maximum absolute atomic E-state index is 5.20. The zero-order chi connectivity index (χ0) is 10.7. The van der Waals surface area contributed by atoms with E-state index in [-0.39, 0.29) is 0 Å². The molecule has 1 N–H and O–H groups in total. The van der Waals surface area contributed by atoms with Gasteiger partial charge in [-0.1, -0.05) is 0 Å². The molecule has 1 fully saturated rings. The Balaban J connectivity index is 1.90. The quantitative estimate of drug-likeness (QED) is 0.735. The fraction of sp³-hybridized carbons (Fsp3) is 0.556. The monoisotopic (exact) mass is 242 g/mol. The van der Waals surface area contributed by atoms with Gasteiger partial charge in [0.05, 0.1) is 0 Å². The zero-order valence-corrected chi connectivity index (χ0v) is 10.3. The van der Waals surface area contributed by atoms with Gasteiger partial charge in [-0.15, -0.1) is 11.3 Å². The Kier molecular flexibility index (Phi) is 3.37. The highest BCUT2D eigenvalue weighted by molar-refractivity contribution is 7.80. The van der Waals surface area contributed by atoms with Crippen LogP contribution in [0, 0.1) is 0 Å². The largest absolute Gasteiger partial charge is 0.366 e. The van der Waals surface area contributed by atoms with Gasteiger partial charge in [-0.05, 0) is 12.2 Å². The smallest absolute Gasteiger partial charge is 0.185 e. The van der Waals surface area contributed by atoms with Gasteiger partial charge >= 0.3 is 0 Å². The summed E-state index contributed by atoms with van der Waals surface area (Å²) in [5.74, 6) is 0. The fourth-order valence-electron chi connectivity index (χ4n) is 1.63. The van der Waals surface area contributed by atoms with Gasteiger partial charge in [0, 0.05) is 44.8 Å². The van der Waals surface area contributed by atoms with Gasteiger partial charge in [-0.2, -0.15) is 0 Å². The molecule has 2 heterocycles. The van der Waals surface area contributed by atoms with E-state index in [1.165, 1.54) is 0 Å². The molecule has 1 saturated heterocycles. The maximum Gasteiger partial charge on any atom is 0.185 e. The van der Waals surface area contributed by atoms with E-state index < -0.39 is 0 Å². The van der Waals surface area contributed by atoms with Gasteiger partial charge < -0.3 is 15.1 Å². The highest BCUT2D eigenvalue weighted by Crippen LogP contribution is 2.18. The number of aromatic nitrogens is 1. The number of hydrogen-bond acceptors (Lipinski definition) is 4. The van der Waals surface area contributed by atoms with Gasteiger partial charge in [0.1, 0.15) is 0 Å². The Morgan fingerprint density at radius 2 is 2.20 bits per heavy atom. The number of nitrogens with zero attached hydrogens (tertiary/aromatic N) is 3. The number of piperazine rings is 1. The normalized spacial score (nSPS) is 16.6. The van der Waals surface area contributed by atoms with Crippen molar-refractivity contribution in [3.63, 3.8) is 0 Å². The molecule has 0 amide bonds. The minimum absolute atomic E-state index is 0.841. The summed E-state index contributed by atoms with van der Waals surface area (Å²) in [5.41, 5.74) is 0. The van der Waals surface area contributed by atoms with Crippen LogP contribution in [0.4, 0.5) is 5.13 Å². The molecule has 0 radical (unpaired) electrons. The zero-order valence-electron chi connectivity index (χ0n) is 8.64. The lowest BCUT2D eigenvalue weighted by molar-refractivity contribution is 0.382. The molecule has 15 heavy (non-hydrogen) atoms. The minimum atomic E-state index is 0.841. The van der Waals surface area contributed by atoms with Gasteiger partial charge in [-0.3, -0.25) is 0 Å². The van der Waals surface area contributed by atoms with Gasteiger partial charge in [0.2, 0.25) is 0 Å². The van der Waals surface area contributed by atoms with Crippen molar-refractivity contribution in [3.8, 4) is 0 Å². The summed E-state index contributed by atoms with van der Waals surface area (Å²) in [5, 5.41) is 6.98. The molecule has 1 aromatic rings. The van der Waals surface area contributed by atoms with E-state index in [9.17, 15) is 0 Å². The summed E-state index contributed by atoms with van der Waals surface area (Å²) >= 11 is 6.89. The molecule has 6 heteroatoms. The van der Waals surface area contributed by atoms with Crippen LogP contribution < -0.4 is 10.2 Å². The molecule has 2 rings (SSSR count). The van der Waals surface area contributed by atoms with Gasteiger partial charge in [0.25, 0.3) is 0 Å². The highest BCUT2D eigenvalue weighted by Gasteiger charge is 2.19. The standard InChI is InChI=1S/C9H14N4S2/c1-10-8(14)12-3-5-13(6-4-12)9-11-2-7-15-9/h2,7H,3-6H2,1H3,(H,10,14). The second-order valence-electron chi connectivity index (χ2n) is 3.34. The van der Waals surface area contributed by atoms with E-state index in [0.29, 0.717) is 0 Å². The predicted molar refractivity (Wildman–Crippen MR) is 67.6 cm³/mol. The Morgan fingerprint density at radius 3 is 2.73 bits per heavy atom. The van der Waals surface area contributed by atoms with Crippen LogP contribution in [0.5, 0.6) is 0 Å². The molecule has 0 saturated carbocycles. The molecule has 0 unspecified atom stereocenters. The molecule has 4 nitrogen and oxygen atoms in total. The molecule has 0 bridgehead atoms. The van der Waals surface area contributed by atoms with Crippen LogP contribution in [0.3, 0.4) is 0 Å². The third-order valence-corrected chi connectivity index (χ3v) is 3.77. The number of thiazole rings is 1. The van der Waals surface area contributed by atoms with Crippen LogP contribution in [0.25, 0.3) is 0 Å². The second-order valence-corrected chi connectivity index (χ2v) is 4.60. The van der Waals surface area contributed by atoms with Crippen LogP contribution in [0.15, 0.2) is 11.6 Å². The Labute approximate surface area is 98.9 Å². The van der Waals surface area contributed by atoms with Crippen molar-refractivity contribution in [1.29, 1.82) is 0 Å². The van der Waals surface area contributed by atoms with Crippen molar-refractivity contribution in [3.05, 3.63) is 11.6 Å². The van der Waals surface area contributed by atoms with Crippen LogP contribution in [0.2, 0.25) is 0 Å². The van der Waals surface area contributed by atoms with Crippen molar-refractivity contribution in [2.24, 2.45) is 0 Å². The van der Waals surface area contributed by atoms with E-state index in [1.807, 2.05) is 18.6 Å². The lowest BCUT2D eigenvalue weighted by Crippen LogP contribution is -2.51. The van der Waals surface area contributed by atoms with Crippen LogP contribution in [0.1, 0.15) is 0 Å². The first kappa shape index (κ1) is 10.6. The lowest BCUT2D eigenvalue weighted by atomic mass is 10.3. The first-order valence-electron chi connectivity index (χ1n) is 4.92. The van der Waals surface area contributed by atoms with Crippen molar-refractivity contribution in [2.75, 3.05) is 38.1 Å². The lowest BCUT2D eigenvalue weighted by Gasteiger charge is -2.35. The fourth-order valence-corrected chi connectivity index (χ4v) is 2.51. The molecular weight excluding hydrogens is 228 g/mol. The molecule has 1 aliphatic heterocycles. The Morgan fingerprint density at radius 1 is 1.47 bits per heavy atom. The van der Waals surface area contributed by atoms with Crippen LogP contribution in [-0.2, 0) is 0 Å². The molecule has 1 aromatic heterocycles. The number of thiocarbonyl (C=S) groups is 1. The molecule has 0 atom stereocenters. The second kappa shape index (κ2) is 4.76. The predicted octanol–water partition coefficient (Wildman–Crippen LogP) is 0.769. The molecule has 82 valence electrons. The Bertz CT molecular complexity index is 317. The summed E-state index contributed by atoms with van der Waals surface area (Å²) in [6.45, 7) is 3.93. The summed E-state index contributed by atoms with van der Waals surface area (Å²) in [4.78, 5) is 8.81. The van der Waals surface area contributed by atoms with Gasteiger partial charge in [-0.25, -0.2) is 4.98 Å². The topological polar surface area (TPSA) is 31.4 Å². The average Bonchev–Trinajstić information content (AvgIpc) is 2.82. The van der Waals surface area contributed by atoms with Crippen molar-refractivity contribution >= 4 is 33.8 Å². The Hall–Kier alpha value is -0.880. The molecule has 0 spiro atoms. The first-order chi connectivity index (χ1) is 7.31. The van der Waals surface area contributed by atoms with Crippen molar-refractivity contribution in [1.82, 2.24) is 15.2 Å². The SMILES string of the molecule is CNC(=S)N1CCN(c2nccs2)CC1. The average molecular weight is 242 g/mol. The van der Waals surface area contributed by atoms with E-state index in [1.54, 1.807) is 11.3 Å². The van der Waals surface area contributed by atoms with Crippen molar-refractivity contribution in [2.45, 2.75) is 0 Å². The van der Waals surface area contributed by atoms with Crippen LogP contribution in [-0.4, -0.2) is 48.2 Å². The highest BCUT2D eigenvalue weighted by atomic mass is 32.1. The summed E-state index contributed by atoms with van der Waals surface area (Å²) in [6, 6.07) is 0. The van der Waals surface area contributed by atoms with Crippen LogP contribution >= 0.6 is 23.6 Å².